The third kappa shape index (κ3) is 4.03. The lowest BCUT2D eigenvalue weighted by Gasteiger charge is -2.36. The van der Waals surface area contributed by atoms with E-state index in [-0.39, 0.29) is 11.5 Å². The van der Waals surface area contributed by atoms with Crippen LogP contribution in [0.25, 0.3) is 0 Å². The van der Waals surface area contributed by atoms with E-state index in [4.69, 9.17) is 5.73 Å². The molecule has 2 atom stereocenters. The summed E-state index contributed by atoms with van der Waals surface area (Å²) in [4.78, 5) is 2.24. The quantitative estimate of drug-likeness (QED) is 0.762. The number of piperidine rings is 1. The van der Waals surface area contributed by atoms with Gasteiger partial charge in [0, 0.05) is 18.8 Å². The largest absolute Gasteiger partial charge is 0.330 e. The van der Waals surface area contributed by atoms with Gasteiger partial charge in [-0.1, -0.05) is 13.8 Å². The molecule has 2 unspecified atom stereocenters. The van der Waals surface area contributed by atoms with Gasteiger partial charge in [-0.05, 0) is 31.3 Å². The molecule has 0 amide bonds. The average Bonchev–Trinajstić information content (AvgIpc) is 2.28. The minimum Gasteiger partial charge on any atom is -0.330 e. The van der Waals surface area contributed by atoms with Gasteiger partial charge in [0.1, 0.15) is 0 Å². The predicted octanol–water partition coefficient (Wildman–Crippen LogP) is 0.338. The Morgan fingerprint density at radius 2 is 2.12 bits per heavy atom. The van der Waals surface area contributed by atoms with Gasteiger partial charge in [0.15, 0.2) is 9.84 Å². The first-order valence-electron chi connectivity index (χ1n) is 6.11. The summed E-state index contributed by atoms with van der Waals surface area (Å²) in [5, 5.41) is 0. The molecule has 0 aromatic rings. The first-order valence-corrected chi connectivity index (χ1v) is 7.93. The Morgan fingerprint density at radius 3 is 2.69 bits per heavy atom. The first-order chi connectivity index (χ1) is 7.48. The van der Waals surface area contributed by atoms with Crippen molar-refractivity contribution in [2.45, 2.75) is 20.3 Å². The molecule has 1 aliphatic heterocycles. The van der Waals surface area contributed by atoms with E-state index in [1.807, 2.05) is 0 Å². The number of rotatable bonds is 5. The molecule has 5 heteroatoms. The van der Waals surface area contributed by atoms with E-state index in [2.05, 4.69) is 11.8 Å². The zero-order valence-corrected chi connectivity index (χ0v) is 11.2. The van der Waals surface area contributed by atoms with Gasteiger partial charge in [0.25, 0.3) is 0 Å². The van der Waals surface area contributed by atoms with Gasteiger partial charge in [-0.25, -0.2) is 8.42 Å². The first kappa shape index (κ1) is 13.9. The van der Waals surface area contributed by atoms with Crippen molar-refractivity contribution in [1.82, 2.24) is 4.90 Å². The molecule has 0 spiro atoms. The van der Waals surface area contributed by atoms with Gasteiger partial charge in [-0.15, -0.1) is 0 Å². The van der Waals surface area contributed by atoms with Crippen LogP contribution in [-0.2, 0) is 9.84 Å². The Balaban J connectivity index is 2.39. The monoisotopic (exact) mass is 248 g/mol. The van der Waals surface area contributed by atoms with E-state index in [0.29, 0.717) is 24.9 Å². The predicted molar refractivity (Wildman–Crippen MR) is 67.1 cm³/mol. The standard InChI is InChI=1S/C11H24N2O2S/c1-3-16(14,15)7-6-13-5-4-10(2)11(8-12)9-13/h10-11H,3-9,12H2,1-2H3. The van der Waals surface area contributed by atoms with Gasteiger partial charge in [-0.3, -0.25) is 0 Å². The highest BCUT2D eigenvalue weighted by molar-refractivity contribution is 7.91. The van der Waals surface area contributed by atoms with Crippen LogP contribution in [0.5, 0.6) is 0 Å². The fraction of sp³-hybridized carbons (Fsp3) is 1.00. The lowest BCUT2D eigenvalue weighted by atomic mass is 9.87. The van der Waals surface area contributed by atoms with Gasteiger partial charge < -0.3 is 10.6 Å². The zero-order valence-electron chi connectivity index (χ0n) is 10.4. The highest BCUT2D eigenvalue weighted by Gasteiger charge is 2.25. The second kappa shape index (κ2) is 5.98. The summed E-state index contributed by atoms with van der Waals surface area (Å²) < 4.78 is 22.8. The number of likely N-dealkylation sites (tertiary alicyclic amines) is 1. The van der Waals surface area contributed by atoms with Crippen LogP contribution in [0.2, 0.25) is 0 Å². The second-order valence-electron chi connectivity index (χ2n) is 4.80. The molecular formula is C11H24N2O2S. The summed E-state index contributed by atoms with van der Waals surface area (Å²) in [7, 11) is -2.83. The molecule has 1 saturated heterocycles. The van der Waals surface area contributed by atoms with Crippen LogP contribution in [0.15, 0.2) is 0 Å². The van der Waals surface area contributed by atoms with E-state index < -0.39 is 9.84 Å². The molecular weight excluding hydrogens is 224 g/mol. The van der Waals surface area contributed by atoms with Crippen LogP contribution in [-0.4, -0.2) is 51.0 Å². The van der Waals surface area contributed by atoms with Crippen LogP contribution >= 0.6 is 0 Å². The molecule has 0 radical (unpaired) electrons. The van der Waals surface area contributed by atoms with Crippen molar-refractivity contribution in [2.75, 3.05) is 37.7 Å². The minimum absolute atomic E-state index is 0.248. The summed E-state index contributed by atoms with van der Waals surface area (Å²) in [6, 6.07) is 0. The van der Waals surface area contributed by atoms with Crippen molar-refractivity contribution in [3.8, 4) is 0 Å². The third-order valence-corrected chi connectivity index (χ3v) is 5.34. The topological polar surface area (TPSA) is 63.4 Å². The minimum atomic E-state index is -2.83. The van der Waals surface area contributed by atoms with Gasteiger partial charge in [0.2, 0.25) is 0 Å². The smallest absolute Gasteiger partial charge is 0.151 e. The van der Waals surface area contributed by atoms with Crippen LogP contribution in [0, 0.1) is 11.8 Å². The Morgan fingerprint density at radius 1 is 1.44 bits per heavy atom. The molecule has 0 aromatic heterocycles. The maximum absolute atomic E-state index is 11.4. The number of hydrogen-bond acceptors (Lipinski definition) is 4. The molecule has 0 aromatic carbocycles. The third-order valence-electron chi connectivity index (χ3n) is 3.66. The van der Waals surface area contributed by atoms with Crippen LogP contribution in [0.3, 0.4) is 0 Å². The SMILES string of the molecule is CCS(=O)(=O)CCN1CCC(C)C(CN)C1. The Hall–Kier alpha value is -0.130. The molecule has 1 aliphatic rings. The van der Waals surface area contributed by atoms with E-state index in [9.17, 15) is 8.42 Å². The van der Waals surface area contributed by atoms with Crippen LogP contribution in [0.1, 0.15) is 20.3 Å². The molecule has 96 valence electrons. The van der Waals surface area contributed by atoms with Gasteiger partial charge in [0.05, 0.1) is 5.75 Å². The molecule has 0 aliphatic carbocycles. The van der Waals surface area contributed by atoms with Crippen molar-refractivity contribution >= 4 is 9.84 Å². The van der Waals surface area contributed by atoms with Gasteiger partial charge in [-0.2, -0.15) is 0 Å². The number of sulfone groups is 1. The summed E-state index contributed by atoms with van der Waals surface area (Å²) in [6.07, 6.45) is 1.13. The molecule has 1 rings (SSSR count). The second-order valence-corrected chi connectivity index (χ2v) is 7.27. The summed E-state index contributed by atoms with van der Waals surface area (Å²) in [5.74, 6) is 1.73. The number of nitrogens with two attached hydrogens (primary N) is 1. The summed E-state index contributed by atoms with van der Waals surface area (Å²) >= 11 is 0. The zero-order chi connectivity index (χ0) is 12.2. The molecule has 1 heterocycles. The van der Waals surface area contributed by atoms with Crippen molar-refractivity contribution in [1.29, 1.82) is 0 Å². The van der Waals surface area contributed by atoms with Crippen LogP contribution < -0.4 is 5.73 Å². The van der Waals surface area contributed by atoms with E-state index in [1.54, 1.807) is 6.92 Å². The van der Waals surface area contributed by atoms with E-state index in [1.165, 1.54) is 0 Å². The fourth-order valence-corrected chi connectivity index (χ4v) is 2.97. The van der Waals surface area contributed by atoms with E-state index >= 15 is 0 Å². The molecule has 0 saturated carbocycles. The van der Waals surface area contributed by atoms with Crippen molar-refractivity contribution < 1.29 is 8.42 Å². The average molecular weight is 248 g/mol. The lowest BCUT2D eigenvalue weighted by molar-refractivity contribution is 0.139. The lowest BCUT2D eigenvalue weighted by Crippen LogP contribution is -2.44. The molecule has 4 nitrogen and oxygen atoms in total. The molecule has 16 heavy (non-hydrogen) atoms. The summed E-state index contributed by atoms with van der Waals surface area (Å²) in [6.45, 7) is 7.28. The maximum Gasteiger partial charge on any atom is 0.151 e. The van der Waals surface area contributed by atoms with Gasteiger partial charge >= 0.3 is 0 Å². The molecule has 2 N–H and O–H groups in total. The van der Waals surface area contributed by atoms with E-state index in [0.717, 1.165) is 19.5 Å². The Kier molecular flexibility index (Phi) is 5.21. The molecule has 1 fully saturated rings. The Labute approximate surface area is 99.1 Å². The molecule has 0 bridgehead atoms. The summed E-state index contributed by atoms with van der Waals surface area (Å²) in [5.41, 5.74) is 5.72. The van der Waals surface area contributed by atoms with Crippen LogP contribution in [0.4, 0.5) is 0 Å². The fourth-order valence-electron chi connectivity index (χ4n) is 2.15. The Bertz CT molecular complexity index is 303. The van der Waals surface area contributed by atoms with Crippen molar-refractivity contribution in [2.24, 2.45) is 17.6 Å². The highest BCUT2D eigenvalue weighted by atomic mass is 32.2. The number of nitrogens with zero attached hydrogens (tertiary/aromatic N) is 1. The maximum atomic E-state index is 11.4. The number of hydrogen-bond donors (Lipinski definition) is 1. The van der Waals surface area contributed by atoms with Crippen molar-refractivity contribution in [3.05, 3.63) is 0 Å². The normalized spacial score (nSPS) is 28.2. The highest BCUT2D eigenvalue weighted by Crippen LogP contribution is 2.21. The van der Waals surface area contributed by atoms with Crippen molar-refractivity contribution in [3.63, 3.8) is 0 Å².